The molecule has 0 bridgehead atoms. The SMILES string of the molecule is Cc1ccc(-c2ccc(Nc3ccc(Oc4nc(C)cc(C)n4)cc3)nn2)cc1. The molecular formula is C23H21N5O. The average Bonchev–Trinajstić information content (AvgIpc) is 2.70. The quantitative estimate of drug-likeness (QED) is 0.498. The number of aryl methyl sites for hydroxylation is 3. The second-order valence-corrected chi connectivity index (χ2v) is 6.85. The zero-order chi connectivity index (χ0) is 20.2. The van der Waals surface area contributed by atoms with Crippen molar-refractivity contribution in [3.63, 3.8) is 0 Å². The van der Waals surface area contributed by atoms with Crippen molar-refractivity contribution in [2.75, 3.05) is 5.32 Å². The summed E-state index contributed by atoms with van der Waals surface area (Å²) in [6.07, 6.45) is 0. The third kappa shape index (κ3) is 4.73. The number of ether oxygens (including phenoxy) is 1. The van der Waals surface area contributed by atoms with E-state index in [1.807, 2.05) is 68.4 Å². The summed E-state index contributed by atoms with van der Waals surface area (Å²) < 4.78 is 5.74. The number of rotatable bonds is 5. The first-order valence-electron chi connectivity index (χ1n) is 9.33. The largest absolute Gasteiger partial charge is 0.424 e. The Morgan fingerprint density at radius 3 is 2.03 bits per heavy atom. The minimum absolute atomic E-state index is 0.348. The van der Waals surface area contributed by atoms with Crippen LogP contribution in [0.1, 0.15) is 17.0 Å². The molecule has 2 aromatic carbocycles. The molecule has 2 heterocycles. The molecule has 4 aromatic rings. The first kappa shape index (κ1) is 18.6. The Hall–Kier alpha value is -3.80. The molecule has 0 aliphatic rings. The fraction of sp³-hybridized carbons (Fsp3) is 0.130. The number of nitrogens with one attached hydrogen (secondary N) is 1. The highest BCUT2D eigenvalue weighted by Crippen LogP contribution is 2.23. The Morgan fingerprint density at radius 1 is 0.724 bits per heavy atom. The van der Waals surface area contributed by atoms with Gasteiger partial charge < -0.3 is 10.1 Å². The third-order valence-electron chi connectivity index (χ3n) is 4.31. The molecule has 0 unspecified atom stereocenters. The summed E-state index contributed by atoms with van der Waals surface area (Å²) >= 11 is 0. The molecule has 0 fully saturated rings. The summed E-state index contributed by atoms with van der Waals surface area (Å²) in [5.41, 5.74) is 5.74. The van der Waals surface area contributed by atoms with Crippen LogP contribution < -0.4 is 10.1 Å². The number of nitrogens with zero attached hydrogens (tertiary/aromatic N) is 4. The van der Waals surface area contributed by atoms with Crippen molar-refractivity contribution in [3.8, 4) is 23.0 Å². The van der Waals surface area contributed by atoms with Gasteiger partial charge >= 0.3 is 6.01 Å². The molecule has 0 aliphatic carbocycles. The molecule has 0 saturated carbocycles. The Labute approximate surface area is 169 Å². The molecule has 6 nitrogen and oxygen atoms in total. The summed E-state index contributed by atoms with van der Waals surface area (Å²) in [5.74, 6) is 1.34. The van der Waals surface area contributed by atoms with E-state index in [1.54, 1.807) is 0 Å². The van der Waals surface area contributed by atoms with Crippen molar-refractivity contribution in [1.29, 1.82) is 0 Å². The van der Waals surface area contributed by atoms with Crippen LogP contribution in [-0.2, 0) is 0 Å². The van der Waals surface area contributed by atoms with E-state index in [2.05, 4.69) is 44.5 Å². The minimum Gasteiger partial charge on any atom is -0.424 e. The van der Waals surface area contributed by atoms with E-state index in [9.17, 15) is 0 Å². The average molecular weight is 383 g/mol. The highest BCUT2D eigenvalue weighted by molar-refractivity contribution is 5.62. The molecular weight excluding hydrogens is 362 g/mol. The Balaban J connectivity index is 1.42. The normalized spacial score (nSPS) is 10.6. The predicted molar refractivity (Wildman–Crippen MR) is 114 cm³/mol. The van der Waals surface area contributed by atoms with Gasteiger partial charge in [0.15, 0.2) is 5.82 Å². The standard InChI is InChI=1S/C23H21N5O/c1-15-4-6-18(7-5-15)21-12-13-22(28-27-21)26-19-8-10-20(11-9-19)29-23-24-16(2)14-17(3)25-23/h4-14H,1-3H3,(H,26,28). The van der Waals surface area contributed by atoms with Crippen LogP contribution in [0.3, 0.4) is 0 Å². The molecule has 4 rings (SSSR count). The lowest BCUT2D eigenvalue weighted by molar-refractivity contribution is 0.439. The first-order valence-corrected chi connectivity index (χ1v) is 9.33. The Kier molecular flexibility index (Phi) is 5.16. The maximum absolute atomic E-state index is 5.74. The van der Waals surface area contributed by atoms with Crippen molar-refractivity contribution in [3.05, 3.63) is 83.7 Å². The number of hydrogen-bond donors (Lipinski definition) is 1. The summed E-state index contributed by atoms with van der Waals surface area (Å²) in [6, 6.07) is 21.9. The van der Waals surface area contributed by atoms with Gasteiger partial charge in [-0.15, -0.1) is 10.2 Å². The van der Waals surface area contributed by atoms with Gasteiger partial charge in [-0.3, -0.25) is 0 Å². The molecule has 6 heteroatoms. The molecule has 0 spiro atoms. The van der Waals surface area contributed by atoms with Crippen molar-refractivity contribution < 1.29 is 4.74 Å². The van der Waals surface area contributed by atoms with E-state index >= 15 is 0 Å². The summed E-state index contributed by atoms with van der Waals surface area (Å²) in [7, 11) is 0. The van der Waals surface area contributed by atoms with Gasteiger partial charge in [-0.05, 0) is 63.2 Å². The maximum Gasteiger partial charge on any atom is 0.322 e. The van der Waals surface area contributed by atoms with Crippen LogP contribution in [0.2, 0.25) is 0 Å². The van der Waals surface area contributed by atoms with Crippen LogP contribution in [0.5, 0.6) is 11.8 Å². The Bertz CT molecular complexity index is 1090. The lowest BCUT2D eigenvalue weighted by atomic mass is 10.1. The number of hydrogen-bond acceptors (Lipinski definition) is 6. The molecule has 0 aliphatic heterocycles. The Morgan fingerprint density at radius 2 is 1.41 bits per heavy atom. The molecule has 144 valence electrons. The van der Waals surface area contributed by atoms with Gasteiger partial charge in [-0.1, -0.05) is 29.8 Å². The van der Waals surface area contributed by atoms with Crippen LogP contribution in [-0.4, -0.2) is 20.2 Å². The molecule has 2 aromatic heterocycles. The van der Waals surface area contributed by atoms with E-state index < -0.39 is 0 Å². The lowest BCUT2D eigenvalue weighted by Gasteiger charge is -2.08. The van der Waals surface area contributed by atoms with Crippen LogP contribution in [0.15, 0.2) is 66.7 Å². The fourth-order valence-corrected chi connectivity index (χ4v) is 2.88. The van der Waals surface area contributed by atoms with Crippen molar-refractivity contribution in [2.45, 2.75) is 20.8 Å². The molecule has 0 radical (unpaired) electrons. The zero-order valence-corrected chi connectivity index (χ0v) is 16.5. The van der Waals surface area contributed by atoms with Crippen LogP contribution >= 0.6 is 0 Å². The fourth-order valence-electron chi connectivity index (χ4n) is 2.88. The second kappa shape index (κ2) is 8.06. The van der Waals surface area contributed by atoms with E-state index in [4.69, 9.17) is 4.74 Å². The molecule has 0 saturated heterocycles. The molecule has 0 atom stereocenters. The van der Waals surface area contributed by atoms with Gasteiger partial charge in [0.1, 0.15) is 5.75 Å². The third-order valence-corrected chi connectivity index (χ3v) is 4.31. The minimum atomic E-state index is 0.348. The van der Waals surface area contributed by atoms with Crippen LogP contribution in [0.4, 0.5) is 11.5 Å². The second-order valence-electron chi connectivity index (χ2n) is 6.85. The summed E-state index contributed by atoms with van der Waals surface area (Å²) in [6.45, 7) is 5.90. The van der Waals surface area contributed by atoms with E-state index in [-0.39, 0.29) is 0 Å². The highest BCUT2D eigenvalue weighted by Gasteiger charge is 2.05. The van der Waals surface area contributed by atoms with Gasteiger partial charge in [0, 0.05) is 22.6 Å². The van der Waals surface area contributed by atoms with Crippen molar-refractivity contribution in [2.24, 2.45) is 0 Å². The number of aromatic nitrogens is 4. The first-order chi connectivity index (χ1) is 14.0. The van der Waals surface area contributed by atoms with E-state index in [0.717, 1.165) is 28.3 Å². The number of anilines is 2. The molecule has 0 amide bonds. The predicted octanol–water partition coefficient (Wildman–Crippen LogP) is 5.39. The highest BCUT2D eigenvalue weighted by atomic mass is 16.5. The van der Waals surface area contributed by atoms with Gasteiger partial charge in [0.25, 0.3) is 0 Å². The zero-order valence-electron chi connectivity index (χ0n) is 16.5. The molecule has 29 heavy (non-hydrogen) atoms. The van der Waals surface area contributed by atoms with Gasteiger partial charge in [-0.2, -0.15) is 0 Å². The van der Waals surface area contributed by atoms with Crippen molar-refractivity contribution >= 4 is 11.5 Å². The smallest absolute Gasteiger partial charge is 0.322 e. The van der Waals surface area contributed by atoms with E-state index in [1.165, 1.54) is 5.56 Å². The van der Waals surface area contributed by atoms with Crippen LogP contribution in [0.25, 0.3) is 11.3 Å². The summed E-state index contributed by atoms with van der Waals surface area (Å²) in [5, 5.41) is 11.8. The van der Waals surface area contributed by atoms with Crippen LogP contribution in [0, 0.1) is 20.8 Å². The molecule has 1 N–H and O–H groups in total. The van der Waals surface area contributed by atoms with Crippen molar-refractivity contribution in [1.82, 2.24) is 20.2 Å². The van der Waals surface area contributed by atoms with Gasteiger partial charge in [0.2, 0.25) is 0 Å². The van der Waals surface area contributed by atoms with Gasteiger partial charge in [-0.25, -0.2) is 9.97 Å². The maximum atomic E-state index is 5.74. The summed E-state index contributed by atoms with van der Waals surface area (Å²) in [4.78, 5) is 8.58. The number of benzene rings is 2. The van der Waals surface area contributed by atoms with E-state index in [0.29, 0.717) is 17.6 Å². The monoisotopic (exact) mass is 383 g/mol. The lowest BCUT2D eigenvalue weighted by Crippen LogP contribution is -1.97. The van der Waals surface area contributed by atoms with Gasteiger partial charge in [0.05, 0.1) is 5.69 Å². The topological polar surface area (TPSA) is 72.8 Å².